The first kappa shape index (κ1) is 10.6. The molecule has 0 aliphatic carbocycles. The minimum atomic E-state index is 0.788. The van der Waals surface area contributed by atoms with E-state index in [4.69, 9.17) is 0 Å². The van der Waals surface area contributed by atoms with Gasteiger partial charge in [-0.25, -0.2) is 0 Å². The third-order valence-corrected chi connectivity index (χ3v) is 4.92. The molecule has 0 atom stereocenters. The second-order valence-electron chi connectivity index (χ2n) is 2.83. The van der Waals surface area contributed by atoms with Gasteiger partial charge in [0.1, 0.15) is 0 Å². The molecule has 0 unspecified atom stereocenters. The summed E-state index contributed by atoms with van der Waals surface area (Å²) in [6, 6.07) is 5.85. The molecular formula is C10H6BrIOS. The van der Waals surface area contributed by atoms with Crippen molar-refractivity contribution >= 4 is 66.2 Å². The molecule has 0 bridgehead atoms. The fraction of sp³-hybridized carbons (Fsp3) is 0.100. The van der Waals surface area contributed by atoms with Crippen molar-refractivity contribution in [1.82, 2.24) is 0 Å². The molecule has 0 amide bonds. The van der Waals surface area contributed by atoms with E-state index in [-0.39, 0.29) is 0 Å². The molecule has 1 heterocycles. The topological polar surface area (TPSA) is 17.1 Å². The highest BCUT2D eigenvalue weighted by Crippen LogP contribution is 2.35. The second-order valence-corrected chi connectivity index (χ2v) is 6.25. The largest absolute Gasteiger partial charge is 0.298 e. The van der Waals surface area contributed by atoms with Crippen molar-refractivity contribution in [3.8, 4) is 0 Å². The molecule has 0 radical (unpaired) electrons. The molecule has 72 valence electrons. The number of rotatable bonds is 2. The molecule has 0 saturated carbocycles. The van der Waals surface area contributed by atoms with E-state index in [1.807, 2.05) is 12.1 Å². The summed E-state index contributed by atoms with van der Waals surface area (Å²) in [5.41, 5.74) is 2.02. The van der Waals surface area contributed by atoms with Gasteiger partial charge in [-0.3, -0.25) is 4.79 Å². The molecule has 1 aromatic heterocycles. The van der Waals surface area contributed by atoms with E-state index in [1.165, 1.54) is 13.1 Å². The molecule has 2 rings (SSSR count). The Morgan fingerprint density at radius 1 is 1.50 bits per heavy atom. The molecule has 2 aromatic rings. The normalized spacial score (nSPS) is 10.7. The summed E-state index contributed by atoms with van der Waals surface area (Å²) in [5, 5.41) is 1.91. The molecule has 0 aliphatic rings. The maximum absolute atomic E-state index is 10.9. The van der Waals surface area contributed by atoms with Crippen LogP contribution < -0.4 is 0 Å². The third kappa shape index (κ3) is 1.63. The van der Waals surface area contributed by atoms with E-state index in [0.29, 0.717) is 0 Å². The number of halogens is 2. The SMILES string of the molecule is O=Cc1cccc2sc(I)c(CBr)c12. The molecule has 0 saturated heterocycles. The van der Waals surface area contributed by atoms with Crippen molar-refractivity contribution in [3.05, 3.63) is 32.2 Å². The van der Waals surface area contributed by atoms with Crippen LogP contribution >= 0.6 is 49.9 Å². The fourth-order valence-corrected chi connectivity index (χ4v) is 4.85. The van der Waals surface area contributed by atoms with Gasteiger partial charge in [0.25, 0.3) is 0 Å². The first-order valence-electron chi connectivity index (χ1n) is 3.99. The van der Waals surface area contributed by atoms with Crippen molar-refractivity contribution in [3.63, 3.8) is 0 Å². The second kappa shape index (κ2) is 4.28. The van der Waals surface area contributed by atoms with Gasteiger partial charge in [-0.15, -0.1) is 11.3 Å². The summed E-state index contributed by atoms with van der Waals surface area (Å²) >= 11 is 7.51. The number of alkyl halides is 1. The summed E-state index contributed by atoms with van der Waals surface area (Å²) in [4.78, 5) is 10.9. The minimum Gasteiger partial charge on any atom is -0.298 e. The summed E-state index contributed by atoms with van der Waals surface area (Å²) in [7, 11) is 0. The van der Waals surface area contributed by atoms with E-state index < -0.39 is 0 Å². The van der Waals surface area contributed by atoms with Crippen molar-refractivity contribution in [2.24, 2.45) is 0 Å². The highest BCUT2D eigenvalue weighted by Gasteiger charge is 2.11. The standard InChI is InChI=1S/C10H6BrIOS/c11-4-7-9-6(5-13)2-1-3-8(9)14-10(7)12/h1-3,5H,4H2. The van der Waals surface area contributed by atoms with Gasteiger partial charge in [0.05, 0.1) is 2.88 Å². The minimum absolute atomic E-state index is 0.788. The van der Waals surface area contributed by atoms with Crippen LogP contribution in [0.25, 0.3) is 10.1 Å². The number of carbonyl (C=O) groups is 1. The fourth-order valence-electron chi connectivity index (χ4n) is 1.43. The molecule has 4 heteroatoms. The van der Waals surface area contributed by atoms with Gasteiger partial charge in [0, 0.05) is 21.0 Å². The Kier molecular flexibility index (Phi) is 3.23. The van der Waals surface area contributed by atoms with E-state index in [0.717, 1.165) is 22.6 Å². The average molecular weight is 381 g/mol. The number of aldehydes is 1. The summed E-state index contributed by atoms with van der Waals surface area (Å²) in [5.74, 6) is 0. The number of fused-ring (bicyclic) bond motifs is 1. The molecule has 0 aliphatic heterocycles. The molecule has 1 aromatic carbocycles. The van der Waals surface area contributed by atoms with Crippen LogP contribution in [0.4, 0.5) is 0 Å². The van der Waals surface area contributed by atoms with E-state index in [1.54, 1.807) is 11.3 Å². The lowest BCUT2D eigenvalue weighted by Crippen LogP contribution is -1.84. The maximum atomic E-state index is 10.9. The van der Waals surface area contributed by atoms with Crippen molar-refractivity contribution in [2.45, 2.75) is 5.33 Å². The number of carbonyl (C=O) groups excluding carboxylic acids is 1. The zero-order chi connectivity index (χ0) is 10.1. The molecule has 14 heavy (non-hydrogen) atoms. The number of hydrogen-bond acceptors (Lipinski definition) is 2. The van der Waals surface area contributed by atoms with Crippen LogP contribution in [0.5, 0.6) is 0 Å². The Bertz CT molecular complexity index is 492. The van der Waals surface area contributed by atoms with Crippen LogP contribution in [0.1, 0.15) is 15.9 Å². The lowest BCUT2D eigenvalue weighted by Gasteiger charge is -1.97. The predicted octanol–water partition coefficient (Wildman–Crippen LogP) is 4.21. The van der Waals surface area contributed by atoms with Crippen molar-refractivity contribution < 1.29 is 4.79 Å². The summed E-state index contributed by atoms with van der Waals surface area (Å²) in [6.45, 7) is 0. The number of hydrogen-bond donors (Lipinski definition) is 0. The van der Waals surface area contributed by atoms with Crippen molar-refractivity contribution in [1.29, 1.82) is 0 Å². The Hall–Kier alpha value is 0.0600. The zero-order valence-electron chi connectivity index (χ0n) is 7.09. The average Bonchev–Trinajstić information content (AvgIpc) is 2.52. The van der Waals surface area contributed by atoms with Crippen LogP contribution in [-0.2, 0) is 5.33 Å². The highest BCUT2D eigenvalue weighted by molar-refractivity contribution is 14.1. The summed E-state index contributed by atoms with van der Waals surface area (Å²) in [6.07, 6.45) is 0.928. The first-order valence-corrected chi connectivity index (χ1v) is 7.00. The lowest BCUT2D eigenvalue weighted by atomic mass is 10.1. The zero-order valence-corrected chi connectivity index (χ0v) is 11.6. The van der Waals surface area contributed by atoms with E-state index in [9.17, 15) is 4.79 Å². The highest BCUT2D eigenvalue weighted by atomic mass is 127. The Morgan fingerprint density at radius 3 is 2.93 bits per heavy atom. The quantitative estimate of drug-likeness (QED) is 0.433. The van der Waals surface area contributed by atoms with Gasteiger partial charge in [0.2, 0.25) is 0 Å². The van der Waals surface area contributed by atoms with Gasteiger partial charge in [-0.2, -0.15) is 0 Å². The predicted molar refractivity (Wildman–Crippen MR) is 72.6 cm³/mol. The maximum Gasteiger partial charge on any atom is 0.150 e. The Morgan fingerprint density at radius 2 is 2.29 bits per heavy atom. The van der Waals surface area contributed by atoms with Gasteiger partial charge < -0.3 is 0 Å². The van der Waals surface area contributed by atoms with Gasteiger partial charge >= 0.3 is 0 Å². The number of thiophene rings is 1. The van der Waals surface area contributed by atoms with Crippen molar-refractivity contribution in [2.75, 3.05) is 0 Å². The van der Waals surface area contributed by atoms with Gasteiger partial charge in [-0.05, 0) is 34.2 Å². The van der Waals surface area contributed by atoms with Crippen LogP contribution in [0.3, 0.4) is 0 Å². The van der Waals surface area contributed by atoms with E-state index in [2.05, 4.69) is 44.6 Å². The van der Waals surface area contributed by atoms with Crippen LogP contribution in [0.15, 0.2) is 18.2 Å². The molecule has 0 N–H and O–H groups in total. The molecule has 1 nitrogen and oxygen atoms in total. The smallest absolute Gasteiger partial charge is 0.150 e. The third-order valence-electron chi connectivity index (χ3n) is 2.06. The number of benzene rings is 1. The first-order chi connectivity index (χ1) is 6.77. The van der Waals surface area contributed by atoms with E-state index >= 15 is 0 Å². The Balaban J connectivity index is 2.89. The van der Waals surface area contributed by atoms with Crippen LogP contribution in [0, 0.1) is 2.88 Å². The van der Waals surface area contributed by atoms with Gasteiger partial charge in [0.15, 0.2) is 6.29 Å². The van der Waals surface area contributed by atoms with Crippen LogP contribution in [0.2, 0.25) is 0 Å². The molecular weight excluding hydrogens is 375 g/mol. The van der Waals surface area contributed by atoms with Crippen LogP contribution in [-0.4, -0.2) is 6.29 Å². The van der Waals surface area contributed by atoms with Gasteiger partial charge in [-0.1, -0.05) is 28.1 Å². The summed E-state index contributed by atoms with van der Waals surface area (Å²) < 4.78 is 2.44. The lowest BCUT2D eigenvalue weighted by molar-refractivity contribution is 0.112. The molecule has 0 spiro atoms. The molecule has 0 fully saturated rings. The monoisotopic (exact) mass is 380 g/mol. The Labute approximate surface area is 108 Å².